The highest BCUT2D eigenvalue weighted by Gasteiger charge is 1.86. The quantitative estimate of drug-likeness (QED) is 0.292. The van der Waals surface area contributed by atoms with E-state index in [2.05, 4.69) is 30.8 Å². The second-order valence-electron chi connectivity index (χ2n) is 3.59. The Hall–Kier alpha value is -1.23. The van der Waals surface area contributed by atoms with Crippen molar-refractivity contribution in [3.63, 3.8) is 0 Å². The Labute approximate surface area is 94.1 Å². The van der Waals surface area contributed by atoms with Crippen LogP contribution in [-0.2, 0) is 0 Å². The molecule has 0 bridgehead atoms. The van der Waals surface area contributed by atoms with Gasteiger partial charge in [0.1, 0.15) is 0 Å². The summed E-state index contributed by atoms with van der Waals surface area (Å²) in [5, 5.41) is 5.97. The minimum atomic E-state index is 0.972. The maximum Gasteiger partial charge on any atom is 0.0508 e. The van der Waals surface area contributed by atoms with Crippen molar-refractivity contribution in [3.05, 3.63) is 11.6 Å². The molecule has 2 nitrogen and oxygen atoms in total. The Morgan fingerprint density at radius 2 is 2.07 bits per heavy atom. The van der Waals surface area contributed by atoms with E-state index in [9.17, 15) is 0 Å². The number of hydrogen-bond donors (Lipinski definition) is 0. The molecule has 2 heteroatoms. The van der Waals surface area contributed by atoms with E-state index in [4.69, 9.17) is 0 Å². The molecule has 0 amide bonds. The van der Waals surface area contributed by atoms with E-state index in [-0.39, 0.29) is 0 Å². The standard InChI is InChI=1S/C13H22N2/c1-5-7-8-9-10-11-13(6-2)12-14-15(3)4/h11-12H,5-8H2,1-4H3/b13-11-,14-12+. The van der Waals surface area contributed by atoms with Crippen molar-refractivity contribution in [1.82, 2.24) is 5.01 Å². The van der Waals surface area contributed by atoms with E-state index in [1.807, 2.05) is 26.4 Å². The van der Waals surface area contributed by atoms with E-state index in [1.54, 1.807) is 5.01 Å². The van der Waals surface area contributed by atoms with Crippen LogP contribution in [0.1, 0.15) is 39.5 Å². The first-order valence-electron chi connectivity index (χ1n) is 5.59. The van der Waals surface area contributed by atoms with E-state index in [0.717, 1.165) is 12.8 Å². The average Bonchev–Trinajstić information content (AvgIpc) is 2.22. The molecule has 0 aromatic carbocycles. The van der Waals surface area contributed by atoms with Gasteiger partial charge in [0.05, 0.1) is 6.21 Å². The van der Waals surface area contributed by atoms with Crippen LogP contribution in [0.3, 0.4) is 0 Å². The van der Waals surface area contributed by atoms with Crippen LogP contribution >= 0.6 is 0 Å². The maximum atomic E-state index is 4.18. The molecule has 0 saturated heterocycles. The number of rotatable bonds is 5. The fraction of sp³-hybridized carbons (Fsp3) is 0.615. The highest BCUT2D eigenvalue weighted by molar-refractivity contribution is 5.78. The summed E-state index contributed by atoms with van der Waals surface area (Å²) in [7, 11) is 3.83. The van der Waals surface area contributed by atoms with E-state index >= 15 is 0 Å². The summed E-state index contributed by atoms with van der Waals surface area (Å²) >= 11 is 0. The largest absolute Gasteiger partial charge is 0.303 e. The van der Waals surface area contributed by atoms with Gasteiger partial charge in [-0.2, -0.15) is 5.10 Å². The molecule has 0 atom stereocenters. The van der Waals surface area contributed by atoms with Crippen molar-refractivity contribution >= 4 is 6.21 Å². The second-order valence-corrected chi connectivity index (χ2v) is 3.59. The van der Waals surface area contributed by atoms with Crippen LogP contribution in [0.15, 0.2) is 16.8 Å². The van der Waals surface area contributed by atoms with Gasteiger partial charge in [0.25, 0.3) is 0 Å². The van der Waals surface area contributed by atoms with Crippen LogP contribution in [0, 0.1) is 11.8 Å². The number of unbranched alkanes of at least 4 members (excludes halogenated alkanes) is 2. The van der Waals surface area contributed by atoms with Crippen molar-refractivity contribution in [2.24, 2.45) is 5.10 Å². The zero-order valence-corrected chi connectivity index (χ0v) is 10.4. The molecular formula is C13H22N2. The average molecular weight is 206 g/mol. The van der Waals surface area contributed by atoms with Gasteiger partial charge in [0, 0.05) is 20.5 Å². The van der Waals surface area contributed by atoms with Crippen LogP contribution in [0.4, 0.5) is 0 Å². The van der Waals surface area contributed by atoms with Gasteiger partial charge in [-0.15, -0.1) is 0 Å². The Kier molecular flexibility index (Phi) is 8.56. The summed E-state index contributed by atoms with van der Waals surface area (Å²) in [4.78, 5) is 0. The van der Waals surface area contributed by atoms with Crippen molar-refractivity contribution < 1.29 is 0 Å². The molecule has 15 heavy (non-hydrogen) atoms. The van der Waals surface area contributed by atoms with Crippen LogP contribution < -0.4 is 0 Å². The maximum absolute atomic E-state index is 4.18. The predicted octanol–water partition coefficient (Wildman–Crippen LogP) is 3.06. The van der Waals surface area contributed by atoms with Crippen molar-refractivity contribution in [2.45, 2.75) is 39.5 Å². The van der Waals surface area contributed by atoms with Crippen molar-refractivity contribution in [2.75, 3.05) is 14.1 Å². The van der Waals surface area contributed by atoms with Gasteiger partial charge in [-0.25, -0.2) is 0 Å². The van der Waals surface area contributed by atoms with Gasteiger partial charge < -0.3 is 5.01 Å². The molecule has 0 aliphatic carbocycles. The molecule has 0 aliphatic rings. The Bertz CT molecular complexity index is 264. The summed E-state index contributed by atoms with van der Waals surface area (Å²) in [6.07, 6.45) is 8.20. The highest BCUT2D eigenvalue weighted by atomic mass is 15.4. The summed E-state index contributed by atoms with van der Waals surface area (Å²) in [6.45, 7) is 4.29. The third-order valence-electron chi connectivity index (χ3n) is 1.88. The zero-order valence-electron chi connectivity index (χ0n) is 10.4. The van der Waals surface area contributed by atoms with Gasteiger partial charge in [0.15, 0.2) is 0 Å². The minimum Gasteiger partial charge on any atom is -0.303 e. The molecule has 0 spiro atoms. The van der Waals surface area contributed by atoms with E-state index in [1.165, 1.54) is 18.4 Å². The molecule has 0 radical (unpaired) electrons. The second kappa shape index (κ2) is 9.33. The topological polar surface area (TPSA) is 15.6 Å². The van der Waals surface area contributed by atoms with Gasteiger partial charge in [-0.3, -0.25) is 0 Å². The zero-order chi connectivity index (χ0) is 11.5. The Morgan fingerprint density at radius 1 is 1.33 bits per heavy atom. The normalized spacial score (nSPS) is 11.3. The first kappa shape index (κ1) is 13.8. The van der Waals surface area contributed by atoms with E-state index in [0.29, 0.717) is 0 Å². The summed E-state index contributed by atoms with van der Waals surface area (Å²) in [6, 6.07) is 0. The molecule has 0 fully saturated rings. The molecule has 0 unspecified atom stereocenters. The summed E-state index contributed by atoms with van der Waals surface area (Å²) in [5.74, 6) is 6.21. The molecule has 0 aromatic heterocycles. The smallest absolute Gasteiger partial charge is 0.0508 e. The molecular weight excluding hydrogens is 184 g/mol. The van der Waals surface area contributed by atoms with Gasteiger partial charge >= 0.3 is 0 Å². The summed E-state index contributed by atoms with van der Waals surface area (Å²) in [5.41, 5.74) is 1.17. The third kappa shape index (κ3) is 9.08. The van der Waals surface area contributed by atoms with Crippen molar-refractivity contribution in [1.29, 1.82) is 0 Å². The molecule has 0 N–H and O–H groups in total. The fourth-order valence-electron chi connectivity index (χ4n) is 0.901. The first-order chi connectivity index (χ1) is 7.20. The van der Waals surface area contributed by atoms with Gasteiger partial charge in [0.2, 0.25) is 0 Å². The molecule has 0 aromatic rings. The SMILES string of the molecule is CCCCC#C/C=C(\C=N\N(C)C)CC. The number of nitrogens with zero attached hydrogens (tertiary/aromatic N) is 2. The summed E-state index contributed by atoms with van der Waals surface area (Å²) < 4.78 is 0. The number of hydrazone groups is 1. The molecule has 0 aliphatic heterocycles. The minimum absolute atomic E-state index is 0.972. The molecule has 0 heterocycles. The lowest BCUT2D eigenvalue weighted by atomic mass is 10.2. The lowest BCUT2D eigenvalue weighted by Crippen LogP contribution is -2.02. The number of allylic oxidation sites excluding steroid dienone is 2. The van der Waals surface area contributed by atoms with Crippen molar-refractivity contribution in [3.8, 4) is 11.8 Å². The molecule has 84 valence electrons. The van der Waals surface area contributed by atoms with Gasteiger partial charge in [-0.05, 0) is 24.5 Å². The van der Waals surface area contributed by atoms with Crippen LogP contribution in [0.25, 0.3) is 0 Å². The lowest BCUT2D eigenvalue weighted by Gasteiger charge is -2.02. The predicted molar refractivity (Wildman–Crippen MR) is 67.9 cm³/mol. The van der Waals surface area contributed by atoms with Gasteiger partial charge in [-0.1, -0.05) is 32.1 Å². The van der Waals surface area contributed by atoms with Crippen LogP contribution in [0.2, 0.25) is 0 Å². The Balaban J connectivity index is 4.13. The fourth-order valence-corrected chi connectivity index (χ4v) is 0.901. The first-order valence-corrected chi connectivity index (χ1v) is 5.59. The monoisotopic (exact) mass is 206 g/mol. The van der Waals surface area contributed by atoms with Crippen LogP contribution in [-0.4, -0.2) is 25.3 Å². The number of hydrogen-bond acceptors (Lipinski definition) is 2. The highest BCUT2D eigenvalue weighted by Crippen LogP contribution is 1.97. The molecule has 0 saturated carbocycles. The van der Waals surface area contributed by atoms with E-state index < -0.39 is 0 Å². The molecule has 0 rings (SSSR count). The lowest BCUT2D eigenvalue weighted by molar-refractivity contribution is 0.440. The third-order valence-corrected chi connectivity index (χ3v) is 1.88. The van der Waals surface area contributed by atoms with Crippen LogP contribution in [0.5, 0.6) is 0 Å². The Morgan fingerprint density at radius 3 is 2.60 bits per heavy atom.